The molecular weight excluding hydrogens is 450 g/mol. The van der Waals surface area contributed by atoms with Crippen LogP contribution in [0.1, 0.15) is 30.9 Å². The van der Waals surface area contributed by atoms with Gasteiger partial charge in [-0.1, -0.05) is 67.9 Å². The number of carbonyl (C=O) groups is 3. The normalized spacial score (nSPS) is 14.7. The van der Waals surface area contributed by atoms with Gasteiger partial charge in [0.25, 0.3) is 11.1 Å². The summed E-state index contributed by atoms with van der Waals surface area (Å²) in [6.07, 6.45) is 3.28. The van der Waals surface area contributed by atoms with Crippen molar-refractivity contribution in [2.45, 2.75) is 26.4 Å². The number of nitrogens with zero attached hydrogens (tertiary/aromatic N) is 1. The van der Waals surface area contributed by atoms with Gasteiger partial charge in [-0.2, -0.15) is 0 Å². The van der Waals surface area contributed by atoms with E-state index in [1.165, 1.54) is 5.39 Å². The maximum atomic E-state index is 12.6. The van der Waals surface area contributed by atoms with Crippen LogP contribution in [0.4, 0.5) is 4.79 Å². The zero-order valence-corrected chi connectivity index (χ0v) is 19.7. The number of ether oxygens (including phenoxy) is 2. The summed E-state index contributed by atoms with van der Waals surface area (Å²) in [6.45, 7) is 2.34. The summed E-state index contributed by atoms with van der Waals surface area (Å²) in [6, 6.07) is 21.6. The maximum absolute atomic E-state index is 12.6. The van der Waals surface area contributed by atoms with E-state index in [2.05, 4.69) is 18.2 Å². The number of hydrogen-bond donors (Lipinski definition) is 0. The lowest BCUT2D eigenvalue weighted by molar-refractivity contribution is -0.146. The molecule has 0 atom stereocenters. The molecule has 0 bridgehead atoms. The molecule has 4 rings (SSSR count). The molecule has 7 heteroatoms. The van der Waals surface area contributed by atoms with Crippen LogP contribution in [0.15, 0.2) is 71.6 Å². The third kappa shape index (κ3) is 5.66. The fraction of sp³-hybridized carbons (Fsp3) is 0.222. The Bertz CT molecular complexity index is 1230. The van der Waals surface area contributed by atoms with Gasteiger partial charge in [-0.3, -0.25) is 19.3 Å². The number of amides is 2. The summed E-state index contributed by atoms with van der Waals surface area (Å²) in [5, 5.41) is 1.85. The van der Waals surface area contributed by atoms with Crippen LogP contribution in [-0.2, 0) is 20.9 Å². The molecule has 0 saturated carbocycles. The zero-order chi connectivity index (χ0) is 23.9. The Labute approximate surface area is 202 Å². The lowest BCUT2D eigenvalue weighted by atomic mass is 10.1. The number of unbranched alkanes of at least 4 members (excludes halogenated alkanes) is 1. The van der Waals surface area contributed by atoms with Crippen molar-refractivity contribution < 1.29 is 23.9 Å². The van der Waals surface area contributed by atoms with E-state index in [1.54, 1.807) is 6.08 Å². The molecular formula is C27H25NO5S. The molecule has 1 saturated heterocycles. The van der Waals surface area contributed by atoms with E-state index in [9.17, 15) is 14.4 Å². The molecule has 34 heavy (non-hydrogen) atoms. The van der Waals surface area contributed by atoms with Crippen molar-refractivity contribution in [3.8, 4) is 5.75 Å². The molecule has 1 aliphatic heterocycles. The monoisotopic (exact) mass is 475 g/mol. The minimum absolute atomic E-state index is 0.274. The number of fused-ring (bicyclic) bond motifs is 1. The lowest BCUT2D eigenvalue weighted by Gasteiger charge is -2.11. The predicted octanol–water partition coefficient (Wildman–Crippen LogP) is 5.80. The molecule has 1 heterocycles. The van der Waals surface area contributed by atoms with Crippen molar-refractivity contribution >= 4 is 45.7 Å². The van der Waals surface area contributed by atoms with E-state index >= 15 is 0 Å². The lowest BCUT2D eigenvalue weighted by Crippen LogP contribution is -2.34. The Hall–Kier alpha value is -3.58. The van der Waals surface area contributed by atoms with Crippen LogP contribution in [-0.4, -0.2) is 35.2 Å². The predicted molar refractivity (Wildman–Crippen MR) is 133 cm³/mol. The average Bonchev–Trinajstić information content (AvgIpc) is 3.11. The number of carbonyl (C=O) groups excluding carboxylic acids is 3. The van der Waals surface area contributed by atoms with Crippen molar-refractivity contribution in [1.82, 2.24) is 4.90 Å². The Balaban J connectivity index is 1.37. The van der Waals surface area contributed by atoms with E-state index in [-0.39, 0.29) is 18.1 Å². The van der Waals surface area contributed by atoms with Crippen LogP contribution >= 0.6 is 11.8 Å². The molecule has 1 fully saturated rings. The van der Waals surface area contributed by atoms with Gasteiger partial charge in [0, 0.05) is 0 Å². The van der Waals surface area contributed by atoms with Crippen molar-refractivity contribution in [3.05, 3.63) is 82.8 Å². The van der Waals surface area contributed by atoms with E-state index in [0.717, 1.165) is 46.0 Å². The molecule has 3 aromatic rings. The minimum Gasteiger partial charge on any atom is -0.489 e. The molecule has 0 unspecified atom stereocenters. The van der Waals surface area contributed by atoms with Crippen LogP contribution in [0.25, 0.3) is 16.8 Å². The fourth-order valence-electron chi connectivity index (χ4n) is 3.53. The molecule has 1 aliphatic rings. The first kappa shape index (κ1) is 23.6. The van der Waals surface area contributed by atoms with Crippen LogP contribution in [0.3, 0.4) is 0 Å². The molecule has 0 aliphatic carbocycles. The summed E-state index contributed by atoms with van der Waals surface area (Å²) in [7, 11) is 0. The largest absolute Gasteiger partial charge is 0.489 e. The van der Waals surface area contributed by atoms with Gasteiger partial charge in [-0.15, -0.1) is 0 Å². The highest BCUT2D eigenvalue weighted by molar-refractivity contribution is 8.18. The summed E-state index contributed by atoms with van der Waals surface area (Å²) in [4.78, 5) is 37.9. The van der Waals surface area contributed by atoms with Gasteiger partial charge < -0.3 is 9.47 Å². The zero-order valence-electron chi connectivity index (χ0n) is 18.9. The third-order valence-electron chi connectivity index (χ3n) is 5.37. The fourth-order valence-corrected chi connectivity index (χ4v) is 4.37. The van der Waals surface area contributed by atoms with Crippen molar-refractivity contribution in [2.75, 3.05) is 13.2 Å². The SMILES string of the molecule is CCCCOC(=O)CN1C(=O)S/C(=C/c2ccc(OCc3cccc4ccccc34)cc2)C1=O. The Morgan fingerprint density at radius 1 is 1.00 bits per heavy atom. The summed E-state index contributed by atoms with van der Waals surface area (Å²) < 4.78 is 11.0. The number of esters is 1. The second-order valence-electron chi connectivity index (χ2n) is 7.84. The van der Waals surface area contributed by atoms with Crippen LogP contribution in [0.2, 0.25) is 0 Å². The van der Waals surface area contributed by atoms with E-state index in [4.69, 9.17) is 9.47 Å². The molecule has 0 radical (unpaired) electrons. The van der Waals surface area contributed by atoms with Crippen LogP contribution in [0.5, 0.6) is 5.75 Å². The number of thioether (sulfide) groups is 1. The van der Waals surface area contributed by atoms with E-state index in [1.807, 2.05) is 55.5 Å². The van der Waals surface area contributed by atoms with Gasteiger partial charge in [0.2, 0.25) is 0 Å². The average molecular weight is 476 g/mol. The van der Waals surface area contributed by atoms with Crippen molar-refractivity contribution in [1.29, 1.82) is 0 Å². The maximum Gasteiger partial charge on any atom is 0.326 e. The molecule has 174 valence electrons. The molecule has 6 nitrogen and oxygen atoms in total. The molecule has 0 aromatic heterocycles. The van der Waals surface area contributed by atoms with Crippen molar-refractivity contribution in [3.63, 3.8) is 0 Å². The molecule has 3 aromatic carbocycles. The number of rotatable bonds is 9. The number of hydrogen-bond acceptors (Lipinski definition) is 6. The van der Waals surface area contributed by atoms with Crippen molar-refractivity contribution in [2.24, 2.45) is 0 Å². The van der Waals surface area contributed by atoms with Crippen LogP contribution < -0.4 is 4.74 Å². The highest BCUT2D eigenvalue weighted by Crippen LogP contribution is 2.32. The third-order valence-corrected chi connectivity index (χ3v) is 6.28. The summed E-state index contributed by atoms with van der Waals surface area (Å²) in [5.41, 5.74) is 1.86. The van der Waals surface area contributed by atoms with Gasteiger partial charge in [0.05, 0.1) is 11.5 Å². The highest BCUT2D eigenvalue weighted by Gasteiger charge is 2.36. The van der Waals surface area contributed by atoms with Gasteiger partial charge in [0.1, 0.15) is 18.9 Å². The number of imide groups is 1. The van der Waals surface area contributed by atoms with Gasteiger partial charge in [-0.25, -0.2) is 0 Å². The molecule has 0 spiro atoms. The first-order chi connectivity index (χ1) is 16.5. The van der Waals surface area contributed by atoms with Gasteiger partial charge in [-0.05, 0) is 58.3 Å². The quantitative estimate of drug-likeness (QED) is 0.221. The Morgan fingerprint density at radius 3 is 2.56 bits per heavy atom. The second-order valence-corrected chi connectivity index (χ2v) is 8.83. The topological polar surface area (TPSA) is 72.9 Å². The van der Waals surface area contributed by atoms with E-state index < -0.39 is 17.1 Å². The first-order valence-corrected chi connectivity index (χ1v) is 12.0. The molecule has 2 amide bonds. The highest BCUT2D eigenvalue weighted by atomic mass is 32.2. The standard InChI is InChI=1S/C27H25NO5S/c1-2-3-15-32-25(29)17-28-26(30)24(34-27(28)31)16-19-11-13-22(14-12-19)33-18-21-9-6-8-20-7-4-5-10-23(20)21/h4-14,16H,2-3,15,17-18H2,1H3/b24-16+. The summed E-state index contributed by atoms with van der Waals surface area (Å²) >= 11 is 0.819. The van der Waals surface area contributed by atoms with Crippen LogP contribution in [0, 0.1) is 0 Å². The number of benzene rings is 3. The van der Waals surface area contributed by atoms with E-state index in [0.29, 0.717) is 12.4 Å². The summed E-state index contributed by atoms with van der Waals surface area (Å²) in [5.74, 6) is -0.364. The Morgan fingerprint density at radius 2 is 1.76 bits per heavy atom. The first-order valence-electron chi connectivity index (χ1n) is 11.2. The molecule has 0 N–H and O–H groups in total. The van der Waals surface area contributed by atoms with Gasteiger partial charge >= 0.3 is 5.97 Å². The Kier molecular flexibility index (Phi) is 7.65. The van der Waals surface area contributed by atoms with Gasteiger partial charge in [0.15, 0.2) is 0 Å². The smallest absolute Gasteiger partial charge is 0.326 e. The minimum atomic E-state index is -0.579. The second kappa shape index (κ2) is 11.0.